The number of amides is 1. The molecule has 12 heteroatoms. The monoisotopic (exact) mass is 582 g/mol. The lowest BCUT2D eigenvalue weighted by molar-refractivity contribution is -0.257. The fourth-order valence-corrected chi connectivity index (χ4v) is 4.75. The van der Waals surface area contributed by atoms with Crippen molar-refractivity contribution in [3.05, 3.63) is 87.8 Å². The molecule has 6 nitrogen and oxygen atoms in total. The molecular formula is C27H24Cl2F4N4O2. The zero-order valence-corrected chi connectivity index (χ0v) is 22.4. The van der Waals surface area contributed by atoms with E-state index in [0.29, 0.717) is 27.8 Å². The number of alkyl halides is 3. The Bertz CT molecular complexity index is 1490. The van der Waals surface area contributed by atoms with Crippen molar-refractivity contribution in [2.75, 3.05) is 25.0 Å². The van der Waals surface area contributed by atoms with Crippen LogP contribution in [0.2, 0.25) is 10.0 Å². The van der Waals surface area contributed by atoms with E-state index in [0.717, 1.165) is 4.90 Å². The van der Waals surface area contributed by atoms with Crippen molar-refractivity contribution in [3.8, 4) is 5.69 Å². The quantitative estimate of drug-likeness (QED) is 0.228. The summed E-state index contributed by atoms with van der Waals surface area (Å²) in [6.45, 7) is 1.08. The van der Waals surface area contributed by atoms with Gasteiger partial charge in [-0.25, -0.2) is 9.07 Å². The summed E-state index contributed by atoms with van der Waals surface area (Å²) >= 11 is 12.2. The average molecular weight is 583 g/mol. The number of aryl methyl sites for hydroxylation is 1. The molecule has 0 radical (unpaired) electrons. The molecule has 3 aromatic carbocycles. The smallest absolute Gasteiger partial charge is 0.381 e. The van der Waals surface area contributed by atoms with Gasteiger partial charge in [0.15, 0.2) is 5.60 Å². The first kappa shape index (κ1) is 28.7. The minimum absolute atomic E-state index is 0.0139. The number of aliphatic hydroxyl groups is 1. The van der Waals surface area contributed by atoms with Crippen LogP contribution in [0.4, 0.5) is 23.2 Å². The first-order valence-corrected chi connectivity index (χ1v) is 12.6. The number of nitrogens with zero attached hydrogens (tertiary/aromatic N) is 3. The average Bonchev–Trinajstić information content (AvgIpc) is 3.29. The Morgan fingerprint density at radius 2 is 1.74 bits per heavy atom. The maximum absolute atomic E-state index is 14.3. The molecule has 1 unspecified atom stereocenters. The fraction of sp³-hybridized carbons (Fsp3) is 0.259. The van der Waals surface area contributed by atoms with Crippen LogP contribution >= 0.6 is 23.2 Å². The third kappa shape index (κ3) is 5.83. The van der Waals surface area contributed by atoms with E-state index in [4.69, 9.17) is 23.2 Å². The number of fused-ring (bicyclic) bond motifs is 1. The van der Waals surface area contributed by atoms with Crippen molar-refractivity contribution >= 4 is 45.7 Å². The molecule has 4 rings (SSSR count). The summed E-state index contributed by atoms with van der Waals surface area (Å²) in [6.07, 6.45) is -3.63. The largest absolute Gasteiger partial charge is 0.420 e. The minimum atomic E-state index is -5.10. The van der Waals surface area contributed by atoms with Gasteiger partial charge in [0.1, 0.15) is 5.82 Å². The molecule has 1 atom stereocenters. The second-order valence-electron chi connectivity index (χ2n) is 9.08. The number of carbonyl (C=O) groups excluding carboxylic acids is 1. The molecule has 39 heavy (non-hydrogen) atoms. The van der Waals surface area contributed by atoms with Gasteiger partial charge in [-0.15, -0.1) is 0 Å². The van der Waals surface area contributed by atoms with E-state index < -0.39 is 36.6 Å². The van der Waals surface area contributed by atoms with Crippen molar-refractivity contribution in [2.45, 2.75) is 25.6 Å². The molecular weight excluding hydrogens is 559 g/mol. The number of hydrogen-bond donors (Lipinski definition) is 2. The lowest BCUT2D eigenvalue weighted by atomic mass is 10.0. The lowest BCUT2D eigenvalue weighted by Gasteiger charge is -2.36. The summed E-state index contributed by atoms with van der Waals surface area (Å²) in [4.78, 5) is 13.9. The molecule has 1 heterocycles. The maximum atomic E-state index is 14.3. The van der Waals surface area contributed by atoms with E-state index in [-0.39, 0.29) is 22.2 Å². The SMILES string of the molecule is CCN(CC(O)(CNc1cc(C)cc2c1cnn2-c1ccc(F)cc1)C(F)(F)F)C(=O)c1c(Cl)cccc1Cl. The molecule has 0 fully saturated rings. The van der Waals surface area contributed by atoms with Gasteiger partial charge in [0, 0.05) is 17.6 Å². The van der Waals surface area contributed by atoms with E-state index in [1.807, 2.05) is 0 Å². The summed E-state index contributed by atoms with van der Waals surface area (Å²) in [6, 6.07) is 13.3. The lowest BCUT2D eigenvalue weighted by Crippen LogP contribution is -2.58. The molecule has 0 aliphatic carbocycles. The van der Waals surface area contributed by atoms with Gasteiger partial charge in [-0.1, -0.05) is 29.3 Å². The number of likely N-dealkylation sites (N-methyl/N-ethyl adjacent to an activating group) is 1. The number of rotatable bonds is 8. The molecule has 2 N–H and O–H groups in total. The third-order valence-corrected chi connectivity index (χ3v) is 6.93. The van der Waals surface area contributed by atoms with Gasteiger partial charge in [-0.2, -0.15) is 18.3 Å². The first-order chi connectivity index (χ1) is 18.3. The van der Waals surface area contributed by atoms with Crippen LogP contribution in [0.25, 0.3) is 16.6 Å². The third-order valence-electron chi connectivity index (χ3n) is 6.30. The number of carbonyl (C=O) groups is 1. The molecule has 0 saturated carbocycles. The number of aromatic nitrogens is 2. The van der Waals surface area contributed by atoms with Crippen LogP contribution in [0.3, 0.4) is 0 Å². The Balaban J connectivity index is 1.64. The molecule has 4 aromatic rings. The molecule has 206 valence electrons. The molecule has 1 aromatic heterocycles. The van der Waals surface area contributed by atoms with E-state index in [1.165, 1.54) is 60.3 Å². The van der Waals surface area contributed by atoms with Crippen molar-refractivity contribution in [1.29, 1.82) is 0 Å². The minimum Gasteiger partial charge on any atom is -0.381 e. The highest BCUT2D eigenvalue weighted by atomic mass is 35.5. The van der Waals surface area contributed by atoms with Crippen molar-refractivity contribution in [1.82, 2.24) is 14.7 Å². The highest BCUT2D eigenvalue weighted by molar-refractivity contribution is 6.39. The summed E-state index contributed by atoms with van der Waals surface area (Å²) in [5.74, 6) is -1.26. The molecule has 0 bridgehead atoms. The van der Waals surface area contributed by atoms with Gasteiger partial charge in [0.25, 0.3) is 5.91 Å². The van der Waals surface area contributed by atoms with Crippen molar-refractivity contribution < 1.29 is 27.5 Å². The zero-order chi connectivity index (χ0) is 28.5. The van der Waals surface area contributed by atoms with E-state index in [2.05, 4.69) is 10.4 Å². The summed E-state index contributed by atoms with van der Waals surface area (Å²) in [5, 5.41) is 18.4. The number of anilines is 1. The number of halogens is 6. The predicted octanol–water partition coefficient (Wildman–Crippen LogP) is 6.65. The van der Waals surface area contributed by atoms with Gasteiger partial charge in [0.05, 0.1) is 46.1 Å². The van der Waals surface area contributed by atoms with Crippen LogP contribution in [-0.2, 0) is 0 Å². The van der Waals surface area contributed by atoms with Crippen LogP contribution in [0, 0.1) is 12.7 Å². The van der Waals surface area contributed by atoms with E-state index >= 15 is 0 Å². The Kier molecular flexibility index (Phi) is 8.11. The standard InChI is InChI=1S/C27H24Cl2F4N4O2/c1-3-36(25(38)24-20(28)5-4-6-21(24)29)15-26(39,27(31,32)33)14-34-22-11-16(2)12-23-19(22)13-35-37(23)18-9-7-17(30)8-10-18/h4-13,34,39H,3,14-15H2,1-2H3. The van der Waals surface area contributed by atoms with Crippen LogP contribution in [0.1, 0.15) is 22.8 Å². The number of benzene rings is 3. The highest BCUT2D eigenvalue weighted by Crippen LogP contribution is 2.35. The Hall–Kier alpha value is -3.34. The van der Waals surface area contributed by atoms with E-state index in [1.54, 1.807) is 19.1 Å². The molecule has 1 amide bonds. The Morgan fingerprint density at radius 1 is 1.10 bits per heavy atom. The maximum Gasteiger partial charge on any atom is 0.420 e. The van der Waals surface area contributed by atoms with E-state index in [9.17, 15) is 27.5 Å². The molecule has 0 aliphatic rings. The predicted molar refractivity (Wildman–Crippen MR) is 143 cm³/mol. The van der Waals surface area contributed by atoms with Crippen LogP contribution < -0.4 is 5.32 Å². The summed E-state index contributed by atoms with van der Waals surface area (Å²) in [5.41, 5.74) is -1.33. The number of hydrogen-bond acceptors (Lipinski definition) is 4. The Labute approximate surface area is 231 Å². The van der Waals surface area contributed by atoms with Gasteiger partial charge >= 0.3 is 6.18 Å². The van der Waals surface area contributed by atoms with Gasteiger partial charge in [-0.05, 0) is 67.9 Å². The fourth-order valence-electron chi connectivity index (χ4n) is 4.19. The van der Waals surface area contributed by atoms with Crippen LogP contribution in [0.15, 0.2) is 60.8 Å². The molecule has 0 spiro atoms. The molecule has 0 saturated heterocycles. The summed E-state index contributed by atoms with van der Waals surface area (Å²) < 4.78 is 57.7. The molecule has 0 aliphatic heterocycles. The van der Waals surface area contributed by atoms with Crippen LogP contribution in [0.5, 0.6) is 0 Å². The number of nitrogens with one attached hydrogen (secondary N) is 1. The van der Waals surface area contributed by atoms with Crippen molar-refractivity contribution in [3.63, 3.8) is 0 Å². The van der Waals surface area contributed by atoms with Crippen LogP contribution in [-0.4, -0.2) is 57.1 Å². The van der Waals surface area contributed by atoms with Gasteiger partial charge in [0.2, 0.25) is 0 Å². The highest BCUT2D eigenvalue weighted by Gasteiger charge is 2.55. The summed E-state index contributed by atoms with van der Waals surface area (Å²) in [7, 11) is 0. The van der Waals surface area contributed by atoms with Crippen molar-refractivity contribution in [2.24, 2.45) is 0 Å². The topological polar surface area (TPSA) is 70.4 Å². The van der Waals surface area contributed by atoms with Gasteiger partial charge in [-0.3, -0.25) is 4.79 Å². The normalized spacial score (nSPS) is 13.4. The second kappa shape index (κ2) is 11.0. The van der Waals surface area contributed by atoms with Gasteiger partial charge < -0.3 is 15.3 Å². The first-order valence-electron chi connectivity index (χ1n) is 11.8. The Morgan fingerprint density at radius 3 is 2.33 bits per heavy atom. The second-order valence-corrected chi connectivity index (χ2v) is 9.89. The zero-order valence-electron chi connectivity index (χ0n) is 20.9.